The molecule has 1 unspecified atom stereocenters. The second-order valence-corrected chi connectivity index (χ2v) is 4.94. The lowest BCUT2D eigenvalue weighted by Gasteiger charge is -2.13. The van der Waals surface area contributed by atoms with Crippen LogP contribution in [0.2, 0.25) is 0 Å². The third-order valence-corrected chi connectivity index (χ3v) is 3.33. The Bertz CT molecular complexity index is 528. The van der Waals surface area contributed by atoms with Gasteiger partial charge in [0.1, 0.15) is 11.5 Å². The molecule has 0 aliphatic carbocycles. The molecule has 0 fully saturated rings. The topological polar surface area (TPSA) is 82.1 Å². The molecule has 0 spiro atoms. The molecule has 6 nitrogen and oxygen atoms in total. The quantitative estimate of drug-likeness (QED) is 0.591. The molecule has 1 atom stereocenters. The van der Waals surface area contributed by atoms with E-state index in [9.17, 15) is 14.7 Å². The SMILES string of the molecule is CCOC(=O)C(O)CC(=O)c1cc(Br)c(OC)cc1OC. The molecule has 1 aromatic rings. The van der Waals surface area contributed by atoms with Gasteiger partial charge in [0, 0.05) is 12.5 Å². The van der Waals surface area contributed by atoms with Crippen LogP contribution in [0.4, 0.5) is 0 Å². The number of carbonyl (C=O) groups excluding carboxylic acids is 2. The van der Waals surface area contributed by atoms with Gasteiger partial charge in [-0.1, -0.05) is 0 Å². The normalized spacial score (nSPS) is 11.7. The Kier molecular flexibility index (Phi) is 6.64. The molecule has 0 bridgehead atoms. The van der Waals surface area contributed by atoms with E-state index in [1.165, 1.54) is 20.3 Å². The molecule has 7 heteroatoms. The maximum Gasteiger partial charge on any atom is 0.335 e. The summed E-state index contributed by atoms with van der Waals surface area (Å²) in [6.45, 7) is 1.76. The molecule has 0 aliphatic heterocycles. The minimum Gasteiger partial charge on any atom is -0.496 e. The van der Waals surface area contributed by atoms with Crippen molar-refractivity contribution < 1.29 is 28.9 Å². The van der Waals surface area contributed by atoms with E-state index in [4.69, 9.17) is 9.47 Å². The van der Waals surface area contributed by atoms with Crippen molar-refractivity contribution in [3.63, 3.8) is 0 Å². The highest BCUT2D eigenvalue weighted by Gasteiger charge is 2.24. The molecule has 1 rings (SSSR count). The van der Waals surface area contributed by atoms with Crippen LogP contribution in [0.15, 0.2) is 16.6 Å². The first-order valence-corrected chi connectivity index (χ1v) is 7.03. The van der Waals surface area contributed by atoms with E-state index >= 15 is 0 Å². The number of ether oxygens (including phenoxy) is 3. The van der Waals surface area contributed by atoms with Gasteiger partial charge in [0.2, 0.25) is 0 Å². The molecule has 0 radical (unpaired) electrons. The summed E-state index contributed by atoms with van der Waals surface area (Å²) in [7, 11) is 2.91. The summed E-state index contributed by atoms with van der Waals surface area (Å²) in [5, 5.41) is 9.64. The number of halogens is 1. The van der Waals surface area contributed by atoms with E-state index in [1.54, 1.807) is 13.0 Å². The Morgan fingerprint density at radius 1 is 1.24 bits per heavy atom. The minimum atomic E-state index is -1.50. The number of aliphatic hydroxyl groups excluding tert-OH is 1. The second-order valence-electron chi connectivity index (χ2n) is 4.08. The molecule has 1 aromatic carbocycles. The zero-order valence-electron chi connectivity index (χ0n) is 12.0. The minimum absolute atomic E-state index is 0.140. The van der Waals surface area contributed by atoms with Crippen LogP contribution in [0, 0.1) is 0 Å². The van der Waals surface area contributed by atoms with E-state index < -0.39 is 17.9 Å². The Hall–Kier alpha value is -1.60. The number of aliphatic hydroxyl groups is 1. The van der Waals surface area contributed by atoms with Crippen LogP contribution in [-0.4, -0.2) is 43.8 Å². The number of hydrogen-bond donors (Lipinski definition) is 1. The number of rotatable bonds is 7. The smallest absolute Gasteiger partial charge is 0.335 e. The maximum absolute atomic E-state index is 12.2. The summed E-state index contributed by atoms with van der Waals surface area (Å²) in [5.74, 6) is -0.446. The summed E-state index contributed by atoms with van der Waals surface area (Å²) < 4.78 is 15.5. The first-order valence-electron chi connectivity index (χ1n) is 6.24. The number of benzene rings is 1. The first-order chi connectivity index (χ1) is 9.94. The largest absolute Gasteiger partial charge is 0.496 e. The van der Waals surface area contributed by atoms with Crippen LogP contribution in [0.25, 0.3) is 0 Å². The van der Waals surface area contributed by atoms with Crippen LogP contribution in [0.5, 0.6) is 11.5 Å². The molecule has 0 heterocycles. The van der Waals surface area contributed by atoms with Gasteiger partial charge in [-0.2, -0.15) is 0 Å². The lowest BCUT2D eigenvalue weighted by atomic mass is 10.0. The third-order valence-electron chi connectivity index (χ3n) is 2.71. The van der Waals surface area contributed by atoms with Gasteiger partial charge in [0.15, 0.2) is 11.9 Å². The summed E-state index contributed by atoms with van der Waals surface area (Å²) in [6, 6.07) is 3.08. The van der Waals surface area contributed by atoms with Crippen molar-refractivity contribution in [2.75, 3.05) is 20.8 Å². The van der Waals surface area contributed by atoms with Crippen molar-refractivity contribution in [1.29, 1.82) is 0 Å². The number of carbonyl (C=O) groups is 2. The van der Waals surface area contributed by atoms with Gasteiger partial charge in [-0.05, 0) is 28.9 Å². The summed E-state index contributed by atoms with van der Waals surface area (Å²) in [6.07, 6.45) is -1.88. The predicted molar refractivity (Wildman–Crippen MR) is 78.8 cm³/mol. The highest BCUT2D eigenvalue weighted by atomic mass is 79.9. The fourth-order valence-electron chi connectivity index (χ4n) is 1.69. The summed E-state index contributed by atoms with van der Waals surface area (Å²) in [4.78, 5) is 23.5. The molecule has 0 aromatic heterocycles. The van der Waals surface area contributed by atoms with E-state index in [0.29, 0.717) is 16.0 Å². The number of esters is 1. The molecule has 0 saturated heterocycles. The lowest BCUT2D eigenvalue weighted by Crippen LogP contribution is -2.26. The van der Waals surface area contributed by atoms with Crippen molar-refractivity contribution in [3.05, 3.63) is 22.2 Å². The Morgan fingerprint density at radius 2 is 1.86 bits per heavy atom. The summed E-state index contributed by atoms with van der Waals surface area (Å²) >= 11 is 3.27. The number of Topliss-reactive ketones (excluding diaryl/α,β-unsaturated/α-hetero) is 1. The highest BCUT2D eigenvalue weighted by molar-refractivity contribution is 9.10. The van der Waals surface area contributed by atoms with Gasteiger partial charge in [-0.25, -0.2) is 4.79 Å². The highest BCUT2D eigenvalue weighted by Crippen LogP contribution is 2.33. The third kappa shape index (κ3) is 4.44. The zero-order valence-corrected chi connectivity index (χ0v) is 13.6. The molecule has 0 amide bonds. The van der Waals surface area contributed by atoms with Crippen LogP contribution in [0.3, 0.4) is 0 Å². The summed E-state index contributed by atoms with van der Waals surface area (Å²) in [5.41, 5.74) is 0.244. The molecule has 21 heavy (non-hydrogen) atoms. The monoisotopic (exact) mass is 360 g/mol. The van der Waals surface area contributed by atoms with Crippen LogP contribution < -0.4 is 9.47 Å². The number of hydrogen-bond acceptors (Lipinski definition) is 6. The zero-order chi connectivity index (χ0) is 16.0. The lowest BCUT2D eigenvalue weighted by molar-refractivity contribution is -0.152. The number of ketones is 1. The molecule has 116 valence electrons. The standard InChI is InChI=1S/C14H17BrO6/c1-4-21-14(18)11(17)6-10(16)8-5-9(15)13(20-3)7-12(8)19-2/h5,7,11,17H,4,6H2,1-3H3. The van der Waals surface area contributed by atoms with Crippen molar-refractivity contribution >= 4 is 27.7 Å². The van der Waals surface area contributed by atoms with E-state index in [1.807, 2.05) is 0 Å². The van der Waals surface area contributed by atoms with Crippen LogP contribution >= 0.6 is 15.9 Å². The molecule has 0 saturated carbocycles. The average molecular weight is 361 g/mol. The molecule has 1 N–H and O–H groups in total. The Labute approximate surface area is 131 Å². The van der Waals surface area contributed by atoms with Crippen LogP contribution in [0.1, 0.15) is 23.7 Å². The van der Waals surface area contributed by atoms with Gasteiger partial charge in [0.05, 0.1) is 30.9 Å². The van der Waals surface area contributed by atoms with Crippen LogP contribution in [-0.2, 0) is 9.53 Å². The van der Waals surface area contributed by atoms with Gasteiger partial charge in [-0.3, -0.25) is 4.79 Å². The molecular formula is C14H17BrO6. The first kappa shape index (κ1) is 17.5. The van der Waals surface area contributed by atoms with Gasteiger partial charge in [0.25, 0.3) is 0 Å². The van der Waals surface area contributed by atoms with E-state index in [-0.39, 0.29) is 18.6 Å². The van der Waals surface area contributed by atoms with Gasteiger partial charge < -0.3 is 19.3 Å². The predicted octanol–water partition coefficient (Wildman–Crippen LogP) is 1.96. The Balaban J connectivity index is 2.96. The maximum atomic E-state index is 12.2. The molecule has 0 aliphatic rings. The Morgan fingerprint density at radius 3 is 2.38 bits per heavy atom. The van der Waals surface area contributed by atoms with E-state index in [2.05, 4.69) is 20.7 Å². The molecular weight excluding hydrogens is 344 g/mol. The van der Waals surface area contributed by atoms with Gasteiger partial charge >= 0.3 is 5.97 Å². The fraction of sp³-hybridized carbons (Fsp3) is 0.429. The van der Waals surface area contributed by atoms with Crippen molar-refractivity contribution in [2.45, 2.75) is 19.4 Å². The fourth-order valence-corrected chi connectivity index (χ4v) is 2.19. The van der Waals surface area contributed by atoms with Gasteiger partial charge in [-0.15, -0.1) is 0 Å². The number of methoxy groups -OCH3 is 2. The second kappa shape index (κ2) is 7.99. The van der Waals surface area contributed by atoms with Crippen molar-refractivity contribution in [2.24, 2.45) is 0 Å². The van der Waals surface area contributed by atoms with Crippen molar-refractivity contribution in [1.82, 2.24) is 0 Å². The average Bonchev–Trinajstić information content (AvgIpc) is 2.46. The van der Waals surface area contributed by atoms with E-state index in [0.717, 1.165) is 0 Å². The van der Waals surface area contributed by atoms with Crippen molar-refractivity contribution in [3.8, 4) is 11.5 Å².